The van der Waals surface area contributed by atoms with Crippen LogP contribution in [0, 0.1) is 0 Å². The fraction of sp³-hybridized carbons (Fsp3) is 0.529. The standard InChI is InChI=1S/C17H22Cl2N2O4/c1-24-10-5-16(22)20-6-2-7-21(9-8-20)17(23)12-25-15-4-3-13(18)11-14(15)19/h3-4,11H,2,5-10,12H2,1H3. The van der Waals surface area contributed by atoms with Gasteiger partial charge in [-0.25, -0.2) is 0 Å². The Morgan fingerprint density at radius 1 is 1.08 bits per heavy atom. The minimum Gasteiger partial charge on any atom is -0.482 e. The van der Waals surface area contributed by atoms with E-state index < -0.39 is 0 Å². The van der Waals surface area contributed by atoms with Crippen LogP contribution in [0.2, 0.25) is 10.0 Å². The summed E-state index contributed by atoms with van der Waals surface area (Å²) in [6, 6.07) is 4.86. The van der Waals surface area contributed by atoms with Crippen molar-refractivity contribution < 1.29 is 19.1 Å². The van der Waals surface area contributed by atoms with Gasteiger partial charge in [-0.3, -0.25) is 9.59 Å². The molecule has 25 heavy (non-hydrogen) atoms. The van der Waals surface area contributed by atoms with E-state index in [4.69, 9.17) is 32.7 Å². The average Bonchev–Trinajstić information content (AvgIpc) is 2.85. The van der Waals surface area contributed by atoms with E-state index in [1.165, 1.54) is 0 Å². The van der Waals surface area contributed by atoms with Crippen molar-refractivity contribution in [3.63, 3.8) is 0 Å². The fourth-order valence-corrected chi connectivity index (χ4v) is 3.05. The smallest absolute Gasteiger partial charge is 0.260 e. The molecule has 0 aliphatic carbocycles. The minimum atomic E-state index is -0.128. The summed E-state index contributed by atoms with van der Waals surface area (Å²) in [4.78, 5) is 27.9. The van der Waals surface area contributed by atoms with Gasteiger partial charge in [0.1, 0.15) is 5.75 Å². The van der Waals surface area contributed by atoms with Gasteiger partial charge in [0.2, 0.25) is 5.91 Å². The fourth-order valence-electron chi connectivity index (χ4n) is 2.59. The molecule has 1 aromatic carbocycles. The van der Waals surface area contributed by atoms with Crippen LogP contribution < -0.4 is 4.74 Å². The van der Waals surface area contributed by atoms with Crippen LogP contribution in [0.3, 0.4) is 0 Å². The summed E-state index contributed by atoms with van der Waals surface area (Å²) in [5.74, 6) is 0.350. The highest BCUT2D eigenvalue weighted by atomic mass is 35.5. The van der Waals surface area contributed by atoms with Gasteiger partial charge in [-0.1, -0.05) is 23.2 Å². The highest BCUT2D eigenvalue weighted by Gasteiger charge is 2.22. The quantitative estimate of drug-likeness (QED) is 0.750. The molecule has 0 spiro atoms. The Morgan fingerprint density at radius 2 is 1.76 bits per heavy atom. The second-order valence-electron chi connectivity index (χ2n) is 5.72. The van der Waals surface area contributed by atoms with E-state index in [-0.39, 0.29) is 18.4 Å². The maximum absolute atomic E-state index is 12.4. The molecule has 0 aromatic heterocycles. The Bertz CT molecular complexity index is 612. The highest BCUT2D eigenvalue weighted by Crippen LogP contribution is 2.27. The SMILES string of the molecule is COCCC(=O)N1CCCN(C(=O)COc2ccc(Cl)cc2Cl)CC1. The molecule has 6 nitrogen and oxygen atoms in total. The Kier molecular flexibility index (Phi) is 7.81. The lowest BCUT2D eigenvalue weighted by Gasteiger charge is -2.22. The van der Waals surface area contributed by atoms with Crippen LogP contribution in [-0.4, -0.2) is 68.1 Å². The van der Waals surface area contributed by atoms with Crippen LogP contribution in [0.4, 0.5) is 0 Å². The molecule has 0 N–H and O–H groups in total. The summed E-state index contributed by atoms with van der Waals surface area (Å²) < 4.78 is 10.4. The lowest BCUT2D eigenvalue weighted by Crippen LogP contribution is -2.39. The molecule has 0 bridgehead atoms. The third kappa shape index (κ3) is 6.06. The van der Waals surface area contributed by atoms with Crippen molar-refractivity contribution in [3.05, 3.63) is 28.2 Å². The van der Waals surface area contributed by atoms with Gasteiger partial charge in [0.05, 0.1) is 18.1 Å². The maximum Gasteiger partial charge on any atom is 0.260 e. The molecular weight excluding hydrogens is 367 g/mol. The molecule has 2 rings (SSSR count). The highest BCUT2D eigenvalue weighted by molar-refractivity contribution is 6.35. The molecule has 0 atom stereocenters. The predicted molar refractivity (Wildman–Crippen MR) is 96.2 cm³/mol. The monoisotopic (exact) mass is 388 g/mol. The normalized spacial score (nSPS) is 15.0. The number of ether oxygens (including phenoxy) is 2. The summed E-state index contributed by atoms with van der Waals surface area (Å²) in [6.45, 7) is 2.58. The molecule has 1 heterocycles. The molecule has 1 saturated heterocycles. The van der Waals surface area contributed by atoms with E-state index in [9.17, 15) is 9.59 Å². The lowest BCUT2D eigenvalue weighted by atomic mass is 10.3. The van der Waals surface area contributed by atoms with E-state index in [1.54, 1.807) is 35.1 Å². The van der Waals surface area contributed by atoms with Gasteiger partial charge < -0.3 is 19.3 Å². The molecule has 1 aromatic rings. The van der Waals surface area contributed by atoms with Crippen molar-refractivity contribution >= 4 is 35.0 Å². The number of rotatable bonds is 6. The number of carbonyl (C=O) groups excluding carboxylic acids is 2. The summed E-state index contributed by atoms with van der Waals surface area (Å²) in [6.07, 6.45) is 1.11. The van der Waals surface area contributed by atoms with Crippen LogP contribution in [0.15, 0.2) is 18.2 Å². The van der Waals surface area contributed by atoms with Gasteiger partial charge in [-0.2, -0.15) is 0 Å². The van der Waals surface area contributed by atoms with Crippen LogP contribution in [0.5, 0.6) is 5.75 Å². The zero-order chi connectivity index (χ0) is 18.2. The first-order valence-corrected chi connectivity index (χ1v) is 8.89. The van der Waals surface area contributed by atoms with Crippen molar-refractivity contribution in [3.8, 4) is 5.75 Å². The second kappa shape index (κ2) is 9.85. The number of halogens is 2. The summed E-state index contributed by atoms with van der Waals surface area (Å²) >= 11 is 11.9. The number of nitrogens with zero attached hydrogens (tertiary/aromatic N) is 2. The first kappa shape index (κ1) is 19.8. The average molecular weight is 389 g/mol. The molecule has 2 amide bonds. The van der Waals surface area contributed by atoms with E-state index in [1.807, 2.05) is 0 Å². The second-order valence-corrected chi connectivity index (χ2v) is 6.56. The van der Waals surface area contributed by atoms with Gasteiger partial charge in [0.15, 0.2) is 6.61 Å². The summed E-state index contributed by atoms with van der Waals surface area (Å²) in [5.41, 5.74) is 0. The maximum atomic E-state index is 12.4. The van der Waals surface area contributed by atoms with Crippen molar-refractivity contribution in [1.29, 1.82) is 0 Å². The van der Waals surface area contributed by atoms with E-state index in [0.717, 1.165) is 6.42 Å². The molecular formula is C17H22Cl2N2O4. The van der Waals surface area contributed by atoms with Crippen LogP contribution in [-0.2, 0) is 14.3 Å². The predicted octanol–water partition coefficient (Wildman–Crippen LogP) is 2.47. The Balaban J connectivity index is 1.83. The third-order valence-electron chi connectivity index (χ3n) is 3.97. The molecule has 1 aliphatic rings. The van der Waals surface area contributed by atoms with Crippen LogP contribution >= 0.6 is 23.2 Å². The molecule has 0 saturated carbocycles. The zero-order valence-corrected chi connectivity index (χ0v) is 15.7. The number of hydrogen-bond acceptors (Lipinski definition) is 4. The van der Waals surface area contributed by atoms with Gasteiger partial charge in [-0.05, 0) is 24.6 Å². The number of amides is 2. The molecule has 0 radical (unpaired) electrons. The van der Waals surface area contributed by atoms with Crippen LogP contribution in [0.25, 0.3) is 0 Å². The molecule has 1 aliphatic heterocycles. The van der Waals surface area contributed by atoms with Crippen molar-refractivity contribution in [2.24, 2.45) is 0 Å². The molecule has 1 fully saturated rings. The van der Waals surface area contributed by atoms with Gasteiger partial charge >= 0.3 is 0 Å². The number of carbonyl (C=O) groups is 2. The van der Waals surface area contributed by atoms with Gasteiger partial charge in [-0.15, -0.1) is 0 Å². The third-order valence-corrected chi connectivity index (χ3v) is 4.50. The van der Waals surface area contributed by atoms with E-state index in [2.05, 4.69) is 0 Å². The molecule has 138 valence electrons. The summed E-state index contributed by atoms with van der Waals surface area (Å²) in [5, 5.41) is 0.875. The Morgan fingerprint density at radius 3 is 2.40 bits per heavy atom. The summed E-state index contributed by atoms with van der Waals surface area (Å²) in [7, 11) is 1.57. The first-order chi connectivity index (χ1) is 12.0. The number of methoxy groups -OCH3 is 1. The van der Waals surface area contributed by atoms with Crippen LogP contribution in [0.1, 0.15) is 12.8 Å². The van der Waals surface area contributed by atoms with Crippen molar-refractivity contribution in [2.75, 3.05) is 46.5 Å². The Hall–Kier alpha value is -1.50. The molecule has 0 unspecified atom stereocenters. The minimum absolute atomic E-state index is 0.0559. The molecule has 8 heteroatoms. The first-order valence-electron chi connectivity index (χ1n) is 8.13. The number of benzene rings is 1. The lowest BCUT2D eigenvalue weighted by molar-refractivity contribution is -0.135. The van der Waals surface area contributed by atoms with E-state index >= 15 is 0 Å². The van der Waals surface area contributed by atoms with Gasteiger partial charge in [0, 0.05) is 38.3 Å². The zero-order valence-electron chi connectivity index (χ0n) is 14.2. The van der Waals surface area contributed by atoms with E-state index in [0.29, 0.717) is 55.0 Å². The Labute approximate surface area is 157 Å². The van der Waals surface area contributed by atoms with Gasteiger partial charge in [0.25, 0.3) is 5.91 Å². The van der Waals surface area contributed by atoms with Crippen molar-refractivity contribution in [1.82, 2.24) is 9.80 Å². The number of hydrogen-bond donors (Lipinski definition) is 0. The van der Waals surface area contributed by atoms with Crippen molar-refractivity contribution in [2.45, 2.75) is 12.8 Å². The largest absolute Gasteiger partial charge is 0.482 e. The topological polar surface area (TPSA) is 59.1 Å².